The molecule has 0 spiro atoms. The Morgan fingerprint density at radius 1 is 1.05 bits per heavy atom. The molecular formula is C18H18NO2-. The van der Waals surface area contributed by atoms with Gasteiger partial charge in [0.25, 0.3) is 0 Å². The van der Waals surface area contributed by atoms with Crippen molar-refractivity contribution in [3.63, 3.8) is 0 Å². The Labute approximate surface area is 124 Å². The van der Waals surface area contributed by atoms with E-state index in [0.717, 1.165) is 24.2 Å². The van der Waals surface area contributed by atoms with Crippen LogP contribution in [-0.4, -0.2) is 12.0 Å². The monoisotopic (exact) mass is 280 g/mol. The Kier molecular flexibility index (Phi) is 3.65. The molecular weight excluding hydrogens is 262 g/mol. The number of nitrogens with zero attached hydrogens (tertiary/aromatic N) is 1. The molecule has 108 valence electrons. The van der Waals surface area contributed by atoms with Gasteiger partial charge in [0.05, 0.1) is 12.0 Å². The van der Waals surface area contributed by atoms with Gasteiger partial charge in [0.15, 0.2) is 0 Å². The fourth-order valence-electron chi connectivity index (χ4n) is 3.10. The second-order valence-corrected chi connectivity index (χ2v) is 5.37. The van der Waals surface area contributed by atoms with Gasteiger partial charge in [-0.05, 0) is 42.5 Å². The summed E-state index contributed by atoms with van der Waals surface area (Å²) in [5.41, 5.74) is 4.35. The number of rotatable bonds is 3. The van der Waals surface area contributed by atoms with Gasteiger partial charge in [-0.3, -0.25) is 0 Å². The molecule has 1 aliphatic rings. The highest BCUT2D eigenvalue weighted by Crippen LogP contribution is 2.37. The molecule has 1 heterocycles. The van der Waals surface area contributed by atoms with Crippen LogP contribution in [0, 0.1) is 0 Å². The van der Waals surface area contributed by atoms with Crippen molar-refractivity contribution in [3.05, 3.63) is 59.7 Å². The minimum Gasteiger partial charge on any atom is -0.548 e. The molecule has 3 rings (SSSR count). The molecule has 0 saturated heterocycles. The largest absolute Gasteiger partial charge is 0.548 e. The highest BCUT2D eigenvalue weighted by molar-refractivity contribution is 5.83. The first-order valence-electron chi connectivity index (χ1n) is 7.38. The summed E-state index contributed by atoms with van der Waals surface area (Å²) >= 11 is 0. The van der Waals surface area contributed by atoms with Crippen molar-refractivity contribution >= 4 is 17.3 Å². The number of anilines is 2. The van der Waals surface area contributed by atoms with Gasteiger partial charge in [0, 0.05) is 11.4 Å². The van der Waals surface area contributed by atoms with E-state index in [1.807, 2.05) is 48.2 Å². The number of carboxylic acids is 1. The minimum absolute atomic E-state index is 0.505. The summed E-state index contributed by atoms with van der Waals surface area (Å²) in [5, 5.41) is 11.6. The molecule has 0 fully saturated rings. The summed E-state index contributed by atoms with van der Waals surface area (Å²) in [5.74, 6) is -1.02. The molecule has 0 N–H and O–H groups in total. The second-order valence-electron chi connectivity index (χ2n) is 5.37. The number of carboxylic acid groups (broad SMARTS) is 1. The van der Waals surface area contributed by atoms with Crippen LogP contribution in [0.1, 0.15) is 24.5 Å². The second kappa shape index (κ2) is 5.60. The Morgan fingerprint density at radius 2 is 1.52 bits per heavy atom. The zero-order valence-corrected chi connectivity index (χ0v) is 12.1. The molecule has 0 saturated carbocycles. The molecule has 1 atom stereocenters. The number of carbonyl (C=O) groups is 1. The van der Waals surface area contributed by atoms with E-state index in [4.69, 9.17) is 0 Å². The molecule has 21 heavy (non-hydrogen) atoms. The molecule has 0 aromatic heterocycles. The molecule has 0 amide bonds. The van der Waals surface area contributed by atoms with Crippen LogP contribution in [0.4, 0.5) is 11.4 Å². The van der Waals surface area contributed by atoms with E-state index in [-0.39, 0.29) is 0 Å². The van der Waals surface area contributed by atoms with E-state index >= 15 is 0 Å². The van der Waals surface area contributed by atoms with Crippen LogP contribution in [0.25, 0.3) is 0 Å². The van der Waals surface area contributed by atoms with Crippen LogP contribution < -0.4 is 10.0 Å². The van der Waals surface area contributed by atoms with Crippen LogP contribution in [0.3, 0.4) is 0 Å². The maximum absolute atomic E-state index is 11.6. The first kappa shape index (κ1) is 13.7. The van der Waals surface area contributed by atoms with Crippen LogP contribution in [0.2, 0.25) is 0 Å². The normalized spacial score (nSPS) is 14.8. The number of hydrogen-bond donors (Lipinski definition) is 0. The van der Waals surface area contributed by atoms with Gasteiger partial charge in [-0.15, -0.1) is 0 Å². The lowest BCUT2D eigenvalue weighted by atomic mass is 10.0. The molecule has 0 aliphatic carbocycles. The van der Waals surface area contributed by atoms with Crippen LogP contribution >= 0.6 is 0 Å². The highest BCUT2D eigenvalue weighted by Gasteiger charge is 2.26. The van der Waals surface area contributed by atoms with E-state index < -0.39 is 12.0 Å². The smallest absolute Gasteiger partial charge is 0.0733 e. The van der Waals surface area contributed by atoms with Crippen molar-refractivity contribution in [2.45, 2.75) is 32.2 Å². The Balaban J connectivity index is 2.22. The minimum atomic E-state index is -1.02. The van der Waals surface area contributed by atoms with Gasteiger partial charge >= 0.3 is 0 Å². The molecule has 2 aromatic rings. The predicted octanol–water partition coefficient (Wildman–Crippen LogP) is 2.45. The zero-order valence-electron chi connectivity index (χ0n) is 12.1. The third-order valence-corrected chi connectivity index (χ3v) is 4.14. The number of aryl methyl sites for hydroxylation is 2. The van der Waals surface area contributed by atoms with Gasteiger partial charge in [-0.25, -0.2) is 0 Å². The van der Waals surface area contributed by atoms with E-state index in [1.165, 1.54) is 11.1 Å². The topological polar surface area (TPSA) is 43.4 Å². The predicted molar refractivity (Wildman–Crippen MR) is 81.5 cm³/mol. The third-order valence-electron chi connectivity index (χ3n) is 4.14. The standard InChI is InChI=1S/C18H19NO2/c1-2-15(18(20)21)19-16-9-5-3-7-13(16)11-12-14-8-4-6-10-17(14)19/h3-10,15H,2,11-12H2,1H3,(H,20,21)/p-1/t15-/m1/s1. The van der Waals surface area contributed by atoms with Crippen LogP contribution in [0.5, 0.6) is 0 Å². The lowest BCUT2D eigenvalue weighted by molar-refractivity contribution is -0.307. The van der Waals surface area contributed by atoms with Gasteiger partial charge in [0.2, 0.25) is 0 Å². The Hall–Kier alpha value is -2.29. The first-order chi connectivity index (χ1) is 10.2. The molecule has 0 bridgehead atoms. The molecule has 0 radical (unpaired) electrons. The SMILES string of the molecule is CC[C@H](C(=O)[O-])N1c2ccccc2CCc2ccccc21. The lowest BCUT2D eigenvalue weighted by Gasteiger charge is -2.35. The van der Waals surface area contributed by atoms with Gasteiger partial charge < -0.3 is 14.8 Å². The van der Waals surface area contributed by atoms with Gasteiger partial charge in [0.1, 0.15) is 0 Å². The summed E-state index contributed by atoms with van der Waals surface area (Å²) in [6.07, 6.45) is 2.35. The van der Waals surface area contributed by atoms with Crippen molar-refractivity contribution in [2.24, 2.45) is 0 Å². The summed E-state index contributed by atoms with van der Waals surface area (Å²) in [6.45, 7) is 1.89. The van der Waals surface area contributed by atoms with E-state index in [0.29, 0.717) is 6.42 Å². The number of para-hydroxylation sites is 2. The van der Waals surface area contributed by atoms with Crippen molar-refractivity contribution < 1.29 is 9.90 Å². The fourth-order valence-corrected chi connectivity index (χ4v) is 3.10. The number of aliphatic carboxylic acids is 1. The van der Waals surface area contributed by atoms with Crippen LogP contribution in [-0.2, 0) is 17.6 Å². The number of benzene rings is 2. The maximum atomic E-state index is 11.6. The van der Waals surface area contributed by atoms with Gasteiger partial charge in [-0.1, -0.05) is 43.3 Å². The molecule has 2 aromatic carbocycles. The Bertz CT molecular complexity index is 618. The first-order valence-corrected chi connectivity index (χ1v) is 7.38. The molecule has 3 heteroatoms. The fraction of sp³-hybridized carbons (Fsp3) is 0.278. The highest BCUT2D eigenvalue weighted by atomic mass is 16.4. The summed E-state index contributed by atoms with van der Waals surface area (Å²) in [6, 6.07) is 15.5. The summed E-state index contributed by atoms with van der Waals surface area (Å²) in [4.78, 5) is 13.5. The zero-order chi connectivity index (χ0) is 14.8. The lowest BCUT2D eigenvalue weighted by Crippen LogP contribution is -2.46. The third kappa shape index (κ3) is 2.40. The van der Waals surface area contributed by atoms with Crippen molar-refractivity contribution in [3.8, 4) is 0 Å². The maximum Gasteiger partial charge on any atom is 0.0733 e. The molecule has 3 nitrogen and oxygen atoms in total. The van der Waals surface area contributed by atoms with Crippen molar-refractivity contribution in [1.29, 1.82) is 0 Å². The summed E-state index contributed by atoms with van der Waals surface area (Å²) in [7, 11) is 0. The van der Waals surface area contributed by atoms with E-state index in [1.54, 1.807) is 0 Å². The molecule has 1 aliphatic heterocycles. The number of fused-ring (bicyclic) bond motifs is 2. The van der Waals surface area contributed by atoms with Crippen LogP contribution in [0.15, 0.2) is 48.5 Å². The van der Waals surface area contributed by atoms with Crippen molar-refractivity contribution in [1.82, 2.24) is 0 Å². The number of hydrogen-bond acceptors (Lipinski definition) is 3. The molecule has 0 unspecified atom stereocenters. The van der Waals surface area contributed by atoms with Gasteiger partial charge in [-0.2, -0.15) is 0 Å². The Morgan fingerprint density at radius 3 is 1.95 bits per heavy atom. The van der Waals surface area contributed by atoms with Crippen molar-refractivity contribution in [2.75, 3.05) is 4.90 Å². The average Bonchev–Trinajstić information content (AvgIpc) is 2.66. The summed E-state index contributed by atoms with van der Waals surface area (Å²) < 4.78 is 0. The number of carbonyl (C=O) groups excluding carboxylic acids is 1. The average molecular weight is 280 g/mol. The van der Waals surface area contributed by atoms with E-state index in [9.17, 15) is 9.90 Å². The van der Waals surface area contributed by atoms with E-state index in [2.05, 4.69) is 12.1 Å². The quantitative estimate of drug-likeness (QED) is 0.867.